The van der Waals surface area contributed by atoms with E-state index in [2.05, 4.69) is 90.5 Å². The molecule has 5 aromatic carbocycles. The van der Waals surface area contributed by atoms with Crippen molar-refractivity contribution in [3.63, 3.8) is 0 Å². The molecule has 9 rings (SSSR count). The summed E-state index contributed by atoms with van der Waals surface area (Å²) < 4.78 is 2.19. The molecular weight excluding hydrogens is 581 g/mol. The number of rotatable bonds is 4. The molecule has 0 unspecified atom stereocenters. The molecule has 3 aromatic heterocycles. The quantitative estimate of drug-likeness (QED) is 0.193. The molecule has 6 nitrogen and oxygen atoms in total. The van der Waals surface area contributed by atoms with Crippen molar-refractivity contribution in [3.8, 4) is 51.4 Å². The first kappa shape index (κ1) is 26.6. The summed E-state index contributed by atoms with van der Waals surface area (Å²) in [6, 6.07) is 45.8. The largest absolute Gasteiger partial charge is 0.278 e. The second-order valence-corrected chi connectivity index (χ2v) is 16.4. The van der Waals surface area contributed by atoms with Gasteiger partial charge in [-0.1, -0.05) is 134 Å². The van der Waals surface area contributed by atoms with Crippen LogP contribution in [0.15, 0.2) is 133 Å². The summed E-state index contributed by atoms with van der Waals surface area (Å²) >= 11 is 0. The molecule has 7 heteroatoms. The molecule has 0 aliphatic carbocycles. The van der Waals surface area contributed by atoms with Crippen LogP contribution < -0.4 is 10.5 Å². The zero-order chi connectivity index (χ0) is 30.8. The van der Waals surface area contributed by atoms with E-state index < -0.39 is 8.07 Å². The predicted molar refractivity (Wildman–Crippen MR) is 188 cm³/mol. The van der Waals surface area contributed by atoms with Crippen LogP contribution in [0.3, 0.4) is 0 Å². The van der Waals surface area contributed by atoms with E-state index in [1.165, 1.54) is 21.5 Å². The Balaban J connectivity index is 1.40. The minimum atomic E-state index is -2.22. The summed E-state index contributed by atoms with van der Waals surface area (Å²) in [5.41, 5.74) is 6.90. The maximum absolute atomic E-state index is 5.45. The maximum Gasteiger partial charge on any atom is 0.235 e. The van der Waals surface area contributed by atoms with Crippen molar-refractivity contribution in [2.24, 2.45) is 0 Å². The van der Waals surface area contributed by atoms with Gasteiger partial charge in [-0.3, -0.25) is 4.57 Å². The van der Waals surface area contributed by atoms with Crippen molar-refractivity contribution in [1.29, 1.82) is 0 Å². The molecule has 4 heterocycles. The fourth-order valence-corrected chi connectivity index (χ4v) is 9.75. The molecular formula is C39H28N6Si. The van der Waals surface area contributed by atoms with E-state index >= 15 is 0 Å². The zero-order valence-electron chi connectivity index (χ0n) is 25.4. The second-order valence-electron chi connectivity index (χ2n) is 12.2. The molecule has 46 heavy (non-hydrogen) atoms. The molecule has 0 bridgehead atoms. The molecule has 0 saturated carbocycles. The Morgan fingerprint density at radius 3 is 1.59 bits per heavy atom. The minimum absolute atomic E-state index is 0.537. The van der Waals surface area contributed by atoms with Gasteiger partial charge in [-0.15, -0.1) is 0 Å². The highest BCUT2D eigenvalue weighted by atomic mass is 28.3. The summed E-state index contributed by atoms with van der Waals surface area (Å²) in [7, 11) is -2.22. The van der Waals surface area contributed by atoms with E-state index in [0.717, 1.165) is 38.7 Å². The van der Waals surface area contributed by atoms with Gasteiger partial charge in [0.2, 0.25) is 5.95 Å². The number of aromatic nitrogens is 6. The first-order valence-electron chi connectivity index (χ1n) is 15.5. The van der Waals surface area contributed by atoms with Crippen LogP contribution in [0.1, 0.15) is 0 Å². The van der Waals surface area contributed by atoms with Crippen LogP contribution in [0, 0.1) is 0 Å². The van der Waals surface area contributed by atoms with E-state index in [1.807, 2.05) is 60.7 Å². The van der Waals surface area contributed by atoms with Crippen molar-refractivity contribution in [2.75, 3.05) is 0 Å². The van der Waals surface area contributed by atoms with Gasteiger partial charge in [-0.2, -0.15) is 0 Å². The van der Waals surface area contributed by atoms with Gasteiger partial charge in [0.15, 0.2) is 17.5 Å². The number of benzene rings is 5. The Labute approximate surface area is 267 Å². The van der Waals surface area contributed by atoms with E-state index in [4.69, 9.17) is 24.9 Å². The number of fused-ring (bicyclic) bond motifs is 6. The highest BCUT2D eigenvalue weighted by Gasteiger charge is 2.42. The smallest absolute Gasteiger partial charge is 0.235 e. The Kier molecular flexibility index (Phi) is 5.85. The van der Waals surface area contributed by atoms with E-state index in [9.17, 15) is 0 Å². The van der Waals surface area contributed by atoms with Gasteiger partial charge in [0, 0.05) is 32.8 Å². The topological polar surface area (TPSA) is 69.4 Å². The lowest BCUT2D eigenvalue weighted by molar-refractivity contribution is 0.987. The number of nitrogens with zero attached hydrogens (tertiary/aromatic N) is 6. The highest BCUT2D eigenvalue weighted by Crippen LogP contribution is 2.37. The average molecular weight is 609 g/mol. The fraction of sp³-hybridized carbons (Fsp3) is 0.0513. The highest BCUT2D eigenvalue weighted by molar-refractivity contribution is 7.03. The third kappa shape index (κ3) is 3.99. The fourth-order valence-electron chi connectivity index (χ4n) is 6.84. The lowest BCUT2D eigenvalue weighted by Gasteiger charge is -2.19. The van der Waals surface area contributed by atoms with Crippen molar-refractivity contribution >= 4 is 40.4 Å². The monoisotopic (exact) mass is 608 g/mol. The first-order valence-corrected chi connectivity index (χ1v) is 18.5. The van der Waals surface area contributed by atoms with Crippen LogP contribution >= 0.6 is 0 Å². The molecule has 0 amide bonds. The maximum atomic E-state index is 5.45. The third-order valence-corrected chi connectivity index (χ3v) is 12.4. The predicted octanol–water partition coefficient (Wildman–Crippen LogP) is 7.56. The number of para-hydroxylation sites is 2. The van der Waals surface area contributed by atoms with Gasteiger partial charge < -0.3 is 0 Å². The van der Waals surface area contributed by atoms with Gasteiger partial charge in [0.1, 0.15) is 13.8 Å². The summed E-state index contributed by atoms with van der Waals surface area (Å²) in [5.74, 6) is 2.38. The SMILES string of the molecule is C[Si]1(C)c2ccccc2-c2c(-c3nc(-c4ccccc4)nc(-c4ccccc4)n3)nc(-n3c4ccccc4c4ccccc43)nc21. The van der Waals surface area contributed by atoms with Crippen molar-refractivity contribution in [2.45, 2.75) is 13.1 Å². The molecule has 8 aromatic rings. The standard InChI is InChI=1S/C39H28N6Si/c1-46(2)32-24-14-11-21-29(32)33-34(37-42-35(25-15-5-3-6-16-25)41-36(43-37)26-17-7-4-8-18-26)40-39(44-38(33)46)45-30-22-12-9-19-27(30)28-20-10-13-23-31(28)45/h3-24H,1-2H3. The Bertz CT molecular complexity index is 2340. The van der Waals surface area contributed by atoms with Crippen molar-refractivity contribution in [1.82, 2.24) is 29.5 Å². The van der Waals surface area contributed by atoms with Gasteiger partial charge in [0.05, 0.1) is 11.0 Å². The summed E-state index contributed by atoms with van der Waals surface area (Å²) in [4.78, 5) is 26.1. The Hall–Kier alpha value is -5.79. The third-order valence-electron chi connectivity index (χ3n) is 9.05. The van der Waals surface area contributed by atoms with Gasteiger partial charge in [-0.25, -0.2) is 24.9 Å². The van der Waals surface area contributed by atoms with Gasteiger partial charge in [0.25, 0.3) is 0 Å². The number of hydrogen-bond donors (Lipinski definition) is 0. The van der Waals surface area contributed by atoms with Crippen LogP contribution in [0.25, 0.3) is 73.2 Å². The van der Waals surface area contributed by atoms with Crippen LogP contribution in [-0.4, -0.2) is 37.6 Å². The molecule has 0 fully saturated rings. The molecule has 0 radical (unpaired) electrons. The molecule has 218 valence electrons. The second kappa shape index (κ2) is 10.1. The molecule has 0 N–H and O–H groups in total. The van der Waals surface area contributed by atoms with Crippen molar-refractivity contribution in [3.05, 3.63) is 133 Å². The summed E-state index contributed by atoms with van der Waals surface area (Å²) in [6.07, 6.45) is 0. The summed E-state index contributed by atoms with van der Waals surface area (Å²) in [6.45, 7) is 4.75. The minimum Gasteiger partial charge on any atom is -0.278 e. The molecule has 0 saturated heterocycles. The summed E-state index contributed by atoms with van der Waals surface area (Å²) in [5, 5.41) is 4.78. The van der Waals surface area contributed by atoms with E-state index in [1.54, 1.807) is 0 Å². The Morgan fingerprint density at radius 1 is 0.478 bits per heavy atom. The van der Waals surface area contributed by atoms with Crippen LogP contribution in [-0.2, 0) is 0 Å². The lowest BCUT2D eigenvalue weighted by Crippen LogP contribution is -2.51. The van der Waals surface area contributed by atoms with Crippen LogP contribution in [0.2, 0.25) is 13.1 Å². The van der Waals surface area contributed by atoms with Gasteiger partial charge in [-0.05, 0) is 22.9 Å². The zero-order valence-corrected chi connectivity index (χ0v) is 26.4. The van der Waals surface area contributed by atoms with Crippen LogP contribution in [0.5, 0.6) is 0 Å². The van der Waals surface area contributed by atoms with E-state index in [0.29, 0.717) is 23.4 Å². The lowest BCUT2D eigenvalue weighted by atomic mass is 10.1. The first-order chi connectivity index (χ1) is 22.6. The Morgan fingerprint density at radius 2 is 0.978 bits per heavy atom. The van der Waals surface area contributed by atoms with E-state index in [-0.39, 0.29) is 0 Å². The van der Waals surface area contributed by atoms with Gasteiger partial charge >= 0.3 is 0 Å². The number of hydrogen-bond acceptors (Lipinski definition) is 5. The normalized spacial score (nSPS) is 13.2. The molecule has 0 spiro atoms. The van der Waals surface area contributed by atoms with Crippen LogP contribution in [0.4, 0.5) is 0 Å². The van der Waals surface area contributed by atoms with Crippen molar-refractivity contribution < 1.29 is 0 Å². The average Bonchev–Trinajstić information content (AvgIpc) is 3.57. The molecule has 1 aliphatic heterocycles. The molecule has 0 atom stereocenters. The molecule has 1 aliphatic rings.